The number of hydrogen-bond acceptors (Lipinski definition) is 5. The first-order chi connectivity index (χ1) is 11.3. The van der Waals surface area contributed by atoms with Crippen LogP contribution in [0.15, 0.2) is 18.2 Å². The fourth-order valence-electron chi connectivity index (χ4n) is 3.41. The van der Waals surface area contributed by atoms with Gasteiger partial charge in [0.1, 0.15) is 13.2 Å². The van der Waals surface area contributed by atoms with E-state index >= 15 is 0 Å². The van der Waals surface area contributed by atoms with Crippen LogP contribution in [0.1, 0.15) is 37.3 Å². The van der Waals surface area contributed by atoms with Crippen LogP contribution >= 0.6 is 0 Å². The number of hydrogen-bond donors (Lipinski definition) is 0. The molecule has 2 aliphatic heterocycles. The van der Waals surface area contributed by atoms with Crippen molar-refractivity contribution in [2.45, 2.75) is 31.7 Å². The van der Waals surface area contributed by atoms with Gasteiger partial charge in [0.2, 0.25) is 0 Å². The number of fused-ring (bicyclic) bond motifs is 1. The van der Waals surface area contributed by atoms with Gasteiger partial charge in [0.25, 0.3) is 0 Å². The molecule has 1 aromatic rings. The molecule has 0 radical (unpaired) electrons. The third kappa shape index (κ3) is 3.57. The van der Waals surface area contributed by atoms with Crippen molar-refractivity contribution in [1.82, 2.24) is 4.90 Å². The topological polar surface area (TPSA) is 69.3 Å². The Labute approximate surface area is 137 Å². The minimum atomic E-state index is -0.0764. The van der Waals surface area contributed by atoms with Gasteiger partial charge < -0.3 is 9.47 Å². The van der Waals surface area contributed by atoms with Gasteiger partial charge in [-0.25, -0.2) is 0 Å². The maximum absolute atomic E-state index is 9.31. The molecule has 0 spiro atoms. The molecule has 1 fully saturated rings. The number of rotatable bonds is 5. The second kappa shape index (κ2) is 7.35. The first kappa shape index (κ1) is 15.6. The third-order valence-electron chi connectivity index (χ3n) is 4.56. The summed E-state index contributed by atoms with van der Waals surface area (Å²) in [7, 11) is 0. The van der Waals surface area contributed by atoms with Crippen LogP contribution < -0.4 is 9.47 Å². The zero-order valence-electron chi connectivity index (χ0n) is 13.2. The highest BCUT2D eigenvalue weighted by Gasteiger charge is 2.29. The van der Waals surface area contributed by atoms with Crippen molar-refractivity contribution in [2.75, 3.05) is 26.3 Å². The van der Waals surface area contributed by atoms with Crippen molar-refractivity contribution in [3.8, 4) is 23.6 Å². The summed E-state index contributed by atoms with van der Waals surface area (Å²) in [5.74, 6) is 1.56. The molecule has 0 amide bonds. The molecule has 2 aliphatic rings. The lowest BCUT2D eigenvalue weighted by atomic mass is 10.0. The molecule has 2 heterocycles. The highest BCUT2D eigenvalue weighted by atomic mass is 16.6. The smallest absolute Gasteiger partial charge is 0.161 e. The second-order valence-electron chi connectivity index (χ2n) is 6.08. The van der Waals surface area contributed by atoms with Crippen LogP contribution in [0.5, 0.6) is 11.5 Å². The lowest BCUT2D eigenvalue weighted by Gasteiger charge is -2.27. The summed E-state index contributed by atoms with van der Waals surface area (Å²) in [6.07, 6.45) is 3.32. The quantitative estimate of drug-likeness (QED) is 0.836. The fourth-order valence-corrected chi connectivity index (χ4v) is 3.41. The molecule has 5 nitrogen and oxygen atoms in total. The van der Waals surface area contributed by atoms with E-state index < -0.39 is 0 Å². The lowest BCUT2D eigenvalue weighted by Crippen LogP contribution is -2.29. The summed E-state index contributed by atoms with van der Waals surface area (Å²) in [6.45, 7) is 2.93. The van der Waals surface area contributed by atoms with Crippen LogP contribution in [0.2, 0.25) is 0 Å². The standard InChI is InChI=1S/C18H21N3O2/c19-7-1-3-14(12-20)13-21-8-2-4-16(21)15-5-6-17-18(11-15)23-10-9-22-17/h5-6,11,14,16H,1-4,8-10,13H2. The maximum Gasteiger partial charge on any atom is 0.161 e. The van der Waals surface area contributed by atoms with Gasteiger partial charge >= 0.3 is 0 Å². The minimum Gasteiger partial charge on any atom is -0.486 e. The Balaban J connectivity index is 1.71. The van der Waals surface area contributed by atoms with Gasteiger partial charge in [-0.05, 0) is 43.5 Å². The van der Waals surface area contributed by atoms with Crippen molar-refractivity contribution < 1.29 is 9.47 Å². The summed E-state index contributed by atoms with van der Waals surface area (Å²) in [5, 5.41) is 18.0. The number of nitrogens with zero attached hydrogens (tertiary/aromatic N) is 3. The van der Waals surface area contributed by atoms with Crippen LogP contribution in [0.25, 0.3) is 0 Å². The second-order valence-corrected chi connectivity index (χ2v) is 6.08. The van der Waals surface area contributed by atoms with Crippen LogP contribution in [-0.2, 0) is 0 Å². The normalized spacial score (nSPS) is 21.4. The van der Waals surface area contributed by atoms with E-state index in [0.29, 0.717) is 32.1 Å². The SMILES string of the molecule is N#CCCC(C#N)CN1CCCC1c1ccc2c(c1)OCCO2. The molecule has 120 valence electrons. The van der Waals surface area contributed by atoms with E-state index in [1.807, 2.05) is 6.07 Å². The first-order valence-corrected chi connectivity index (χ1v) is 8.22. The largest absolute Gasteiger partial charge is 0.486 e. The van der Waals surface area contributed by atoms with Crippen LogP contribution in [0, 0.1) is 28.6 Å². The Bertz CT molecular complexity index is 632. The lowest BCUT2D eigenvalue weighted by molar-refractivity contribution is 0.170. The fraction of sp³-hybridized carbons (Fsp3) is 0.556. The van der Waals surface area contributed by atoms with E-state index in [1.165, 1.54) is 5.56 Å². The average molecular weight is 311 g/mol. The summed E-state index contributed by atoms with van der Waals surface area (Å²) in [5.41, 5.74) is 1.23. The van der Waals surface area contributed by atoms with Crippen LogP contribution in [0.4, 0.5) is 0 Å². The van der Waals surface area contributed by atoms with Crippen LogP contribution in [0.3, 0.4) is 0 Å². The van der Waals surface area contributed by atoms with Crippen molar-refractivity contribution in [2.24, 2.45) is 5.92 Å². The number of benzene rings is 1. The molecule has 2 atom stereocenters. The Hall–Kier alpha value is -2.24. The van der Waals surface area contributed by atoms with Gasteiger partial charge in [0.15, 0.2) is 11.5 Å². The molecule has 0 N–H and O–H groups in total. The number of likely N-dealkylation sites (tertiary alicyclic amines) is 1. The van der Waals surface area contributed by atoms with E-state index in [4.69, 9.17) is 14.7 Å². The van der Waals surface area contributed by atoms with Crippen molar-refractivity contribution >= 4 is 0 Å². The van der Waals surface area contributed by atoms with E-state index in [2.05, 4.69) is 29.2 Å². The van der Waals surface area contributed by atoms with Crippen LogP contribution in [-0.4, -0.2) is 31.2 Å². The van der Waals surface area contributed by atoms with Crippen molar-refractivity contribution in [3.05, 3.63) is 23.8 Å². The van der Waals surface area contributed by atoms with Crippen molar-refractivity contribution in [1.29, 1.82) is 10.5 Å². The summed E-state index contributed by atoms with van der Waals surface area (Å²) in [6, 6.07) is 11.0. The maximum atomic E-state index is 9.31. The van der Waals surface area contributed by atoms with E-state index in [9.17, 15) is 5.26 Å². The summed E-state index contributed by atoms with van der Waals surface area (Å²) < 4.78 is 11.3. The average Bonchev–Trinajstić information content (AvgIpc) is 3.06. The molecule has 1 aromatic carbocycles. The van der Waals surface area contributed by atoms with E-state index in [-0.39, 0.29) is 5.92 Å². The number of ether oxygens (including phenoxy) is 2. The predicted molar refractivity (Wildman–Crippen MR) is 84.9 cm³/mol. The van der Waals surface area contributed by atoms with Gasteiger partial charge in [0.05, 0.1) is 18.1 Å². The Morgan fingerprint density at radius 3 is 2.83 bits per heavy atom. The van der Waals surface area contributed by atoms with Gasteiger partial charge in [0, 0.05) is 19.0 Å². The molecule has 5 heteroatoms. The van der Waals surface area contributed by atoms with Gasteiger partial charge in [-0.15, -0.1) is 0 Å². The molecular formula is C18H21N3O2. The van der Waals surface area contributed by atoms with E-state index in [0.717, 1.165) is 37.4 Å². The summed E-state index contributed by atoms with van der Waals surface area (Å²) in [4.78, 5) is 2.37. The first-order valence-electron chi connectivity index (χ1n) is 8.22. The monoisotopic (exact) mass is 311 g/mol. The Kier molecular flexibility index (Phi) is 5.00. The Morgan fingerprint density at radius 1 is 1.22 bits per heavy atom. The minimum absolute atomic E-state index is 0.0764. The molecule has 3 rings (SSSR count). The molecule has 1 saturated heterocycles. The molecule has 23 heavy (non-hydrogen) atoms. The predicted octanol–water partition coefficient (Wildman–Crippen LogP) is 3.04. The van der Waals surface area contributed by atoms with Gasteiger partial charge in [-0.1, -0.05) is 6.07 Å². The van der Waals surface area contributed by atoms with Gasteiger partial charge in [-0.3, -0.25) is 4.90 Å². The third-order valence-corrected chi connectivity index (χ3v) is 4.56. The van der Waals surface area contributed by atoms with Crippen molar-refractivity contribution in [3.63, 3.8) is 0 Å². The summed E-state index contributed by atoms with van der Waals surface area (Å²) >= 11 is 0. The van der Waals surface area contributed by atoms with Gasteiger partial charge in [-0.2, -0.15) is 10.5 Å². The molecule has 0 aliphatic carbocycles. The number of nitriles is 2. The highest BCUT2D eigenvalue weighted by Crippen LogP contribution is 2.38. The Morgan fingerprint density at radius 2 is 2.04 bits per heavy atom. The molecule has 2 unspecified atom stereocenters. The highest BCUT2D eigenvalue weighted by molar-refractivity contribution is 5.44. The molecule has 0 bridgehead atoms. The molecule has 0 aromatic heterocycles. The van der Waals surface area contributed by atoms with E-state index in [1.54, 1.807) is 0 Å². The zero-order valence-corrected chi connectivity index (χ0v) is 13.2. The zero-order chi connectivity index (χ0) is 16.1. The molecule has 0 saturated carbocycles. The molecular weight excluding hydrogens is 290 g/mol.